The number of hydrogen-bond donors (Lipinski definition) is 2. The van der Waals surface area contributed by atoms with Crippen molar-refractivity contribution < 1.29 is 14.6 Å². The first-order valence-corrected chi connectivity index (χ1v) is 7.29. The van der Waals surface area contributed by atoms with Crippen LogP contribution in [-0.4, -0.2) is 34.8 Å². The van der Waals surface area contributed by atoms with E-state index in [9.17, 15) is 9.90 Å². The minimum atomic E-state index is -0.922. The van der Waals surface area contributed by atoms with Crippen LogP contribution in [0, 0.1) is 0 Å². The summed E-state index contributed by atoms with van der Waals surface area (Å²) in [7, 11) is 0. The largest absolute Gasteiger partial charge is 0.478 e. The van der Waals surface area contributed by atoms with Gasteiger partial charge in [0.2, 0.25) is 0 Å². The first-order valence-electron chi connectivity index (χ1n) is 7.29. The fraction of sp³-hybridized carbons (Fsp3) is 0.600. The summed E-state index contributed by atoms with van der Waals surface area (Å²) in [5.41, 5.74) is 2.39. The minimum Gasteiger partial charge on any atom is -0.478 e. The molecule has 5 nitrogen and oxygen atoms in total. The van der Waals surface area contributed by atoms with E-state index in [0.29, 0.717) is 5.82 Å². The molecule has 0 radical (unpaired) electrons. The van der Waals surface area contributed by atoms with Gasteiger partial charge in [0, 0.05) is 12.3 Å². The number of pyridine rings is 1. The van der Waals surface area contributed by atoms with E-state index in [1.165, 1.54) is 0 Å². The number of aryl methyl sites for hydroxylation is 2. The van der Waals surface area contributed by atoms with E-state index in [1.807, 2.05) is 6.92 Å². The summed E-state index contributed by atoms with van der Waals surface area (Å²) in [5.74, 6) is -0.435. The first kappa shape index (κ1) is 13.4. The van der Waals surface area contributed by atoms with Gasteiger partial charge in [-0.05, 0) is 50.7 Å². The van der Waals surface area contributed by atoms with Crippen molar-refractivity contribution in [2.75, 3.05) is 11.9 Å². The third kappa shape index (κ3) is 2.50. The summed E-state index contributed by atoms with van der Waals surface area (Å²) in [5, 5.41) is 12.6. The van der Waals surface area contributed by atoms with Crippen LogP contribution in [0.5, 0.6) is 0 Å². The van der Waals surface area contributed by atoms with Crippen molar-refractivity contribution in [3.05, 3.63) is 22.9 Å². The Morgan fingerprint density at radius 3 is 3.05 bits per heavy atom. The number of rotatable bonds is 4. The van der Waals surface area contributed by atoms with Crippen molar-refractivity contribution in [3.8, 4) is 0 Å². The summed E-state index contributed by atoms with van der Waals surface area (Å²) < 4.78 is 5.64. The zero-order valence-electron chi connectivity index (χ0n) is 11.7. The number of carboxylic acid groups (broad SMARTS) is 1. The topological polar surface area (TPSA) is 71.5 Å². The van der Waals surface area contributed by atoms with Gasteiger partial charge in [-0.3, -0.25) is 0 Å². The lowest BCUT2D eigenvalue weighted by molar-refractivity contribution is 0.0696. The van der Waals surface area contributed by atoms with Crippen LogP contribution >= 0.6 is 0 Å². The van der Waals surface area contributed by atoms with Crippen molar-refractivity contribution in [3.63, 3.8) is 0 Å². The van der Waals surface area contributed by atoms with Gasteiger partial charge >= 0.3 is 5.97 Å². The quantitative estimate of drug-likeness (QED) is 0.882. The van der Waals surface area contributed by atoms with Crippen LogP contribution in [0.3, 0.4) is 0 Å². The zero-order valence-corrected chi connectivity index (χ0v) is 11.7. The van der Waals surface area contributed by atoms with Gasteiger partial charge in [0.15, 0.2) is 0 Å². The maximum Gasteiger partial charge on any atom is 0.339 e. The van der Waals surface area contributed by atoms with E-state index in [1.54, 1.807) is 6.07 Å². The maximum atomic E-state index is 11.4. The molecule has 0 aromatic carbocycles. The smallest absolute Gasteiger partial charge is 0.339 e. The van der Waals surface area contributed by atoms with Gasteiger partial charge in [0.25, 0.3) is 0 Å². The van der Waals surface area contributed by atoms with Crippen LogP contribution in [0.1, 0.15) is 47.8 Å². The van der Waals surface area contributed by atoms with Gasteiger partial charge < -0.3 is 15.2 Å². The molecule has 0 bridgehead atoms. The van der Waals surface area contributed by atoms with Gasteiger partial charge in [-0.15, -0.1) is 0 Å². The van der Waals surface area contributed by atoms with Gasteiger partial charge in [0.05, 0.1) is 12.1 Å². The maximum absolute atomic E-state index is 11.4. The molecule has 0 amide bonds. The Hall–Kier alpha value is -1.62. The predicted molar refractivity (Wildman–Crippen MR) is 75.3 cm³/mol. The lowest BCUT2D eigenvalue weighted by atomic mass is 10.1. The highest BCUT2D eigenvalue weighted by atomic mass is 16.5. The number of ether oxygens (including phenoxy) is 1. The summed E-state index contributed by atoms with van der Waals surface area (Å²) in [6.45, 7) is 2.82. The molecule has 2 N–H and O–H groups in total. The summed E-state index contributed by atoms with van der Waals surface area (Å²) in [6.07, 6.45) is 5.17. The Labute approximate surface area is 118 Å². The third-order valence-electron chi connectivity index (χ3n) is 4.17. The van der Waals surface area contributed by atoms with E-state index < -0.39 is 5.97 Å². The van der Waals surface area contributed by atoms with Crippen LogP contribution in [0.4, 0.5) is 5.82 Å². The normalized spacial score (nSPS) is 22.6. The number of nitrogens with one attached hydrogen (secondary N) is 1. The highest BCUT2D eigenvalue weighted by molar-refractivity contribution is 5.93. The number of aromatic carboxylic acids is 1. The monoisotopic (exact) mass is 276 g/mol. The molecule has 0 spiro atoms. The number of anilines is 1. The highest BCUT2D eigenvalue weighted by Gasteiger charge is 2.25. The van der Waals surface area contributed by atoms with Crippen molar-refractivity contribution in [1.82, 2.24) is 4.98 Å². The van der Waals surface area contributed by atoms with E-state index >= 15 is 0 Å². The Bertz CT molecular complexity index is 524. The van der Waals surface area contributed by atoms with Gasteiger partial charge in [-0.25, -0.2) is 9.78 Å². The van der Waals surface area contributed by atoms with Gasteiger partial charge in [0.1, 0.15) is 11.4 Å². The molecule has 108 valence electrons. The Kier molecular flexibility index (Phi) is 3.61. The number of aromatic nitrogens is 1. The third-order valence-corrected chi connectivity index (χ3v) is 4.17. The number of nitrogens with zero attached hydrogens (tertiary/aromatic N) is 1. The molecule has 1 aliphatic heterocycles. The van der Waals surface area contributed by atoms with E-state index in [4.69, 9.17) is 4.74 Å². The van der Waals surface area contributed by atoms with Crippen LogP contribution < -0.4 is 5.32 Å². The number of hydrogen-bond acceptors (Lipinski definition) is 4. The second kappa shape index (κ2) is 5.40. The molecular formula is C15H20N2O3. The Morgan fingerprint density at radius 1 is 1.50 bits per heavy atom. The van der Waals surface area contributed by atoms with Crippen LogP contribution in [-0.2, 0) is 17.6 Å². The van der Waals surface area contributed by atoms with Gasteiger partial charge in [-0.1, -0.05) is 0 Å². The molecule has 1 saturated heterocycles. The van der Waals surface area contributed by atoms with E-state index in [-0.39, 0.29) is 17.7 Å². The molecule has 1 fully saturated rings. The molecule has 1 aromatic heterocycles. The average molecular weight is 276 g/mol. The molecule has 2 heterocycles. The lowest BCUT2D eigenvalue weighted by Gasteiger charge is -2.22. The fourth-order valence-corrected chi connectivity index (χ4v) is 3.05. The van der Waals surface area contributed by atoms with Crippen molar-refractivity contribution in [2.45, 2.75) is 51.2 Å². The minimum absolute atomic E-state index is 0.0718. The zero-order chi connectivity index (χ0) is 14.1. The van der Waals surface area contributed by atoms with Crippen molar-refractivity contribution in [1.29, 1.82) is 0 Å². The van der Waals surface area contributed by atoms with Crippen LogP contribution in [0.15, 0.2) is 6.07 Å². The molecular weight excluding hydrogens is 256 g/mol. The van der Waals surface area contributed by atoms with Crippen molar-refractivity contribution >= 4 is 11.8 Å². The average Bonchev–Trinajstić information content (AvgIpc) is 3.08. The standard InChI is InChI=1S/C15H20N2O3/c1-9(13-6-3-7-20-13)16-14-11(15(18)19)8-10-4-2-5-12(10)17-14/h8-9,13H,2-7H2,1H3,(H,16,17)(H,18,19). The Balaban J connectivity index is 1.85. The first-order chi connectivity index (χ1) is 9.65. The number of carbonyl (C=O) groups is 1. The fourth-order valence-electron chi connectivity index (χ4n) is 3.05. The molecule has 20 heavy (non-hydrogen) atoms. The van der Waals surface area contributed by atoms with Crippen LogP contribution in [0.2, 0.25) is 0 Å². The SMILES string of the molecule is CC(Nc1nc2c(cc1C(=O)O)CCC2)C1CCCO1. The lowest BCUT2D eigenvalue weighted by Crippen LogP contribution is -2.31. The summed E-state index contributed by atoms with van der Waals surface area (Å²) >= 11 is 0. The highest BCUT2D eigenvalue weighted by Crippen LogP contribution is 2.27. The van der Waals surface area contributed by atoms with Crippen LogP contribution in [0.25, 0.3) is 0 Å². The predicted octanol–water partition coefficient (Wildman–Crippen LogP) is 2.25. The van der Waals surface area contributed by atoms with Crippen molar-refractivity contribution in [2.24, 2.45) is 0 Å². The molecule has 2 unspecified atom stereocenters. The van der Waals surface area contributed by atoms with Gasteiger partial charge in [-0.2, -0.15) is 0 Å². The molecule has 2 atom stereocenters. The van der Waals surface area contributed by atoms with E-state index in [2.05, 4.69) is 10.3 Å². The molecule has 2 aliphatic rings. The summed E-state index contributed by atoms with van der Waals surface area (Å²) in [6, 6.07) is 1.85. The molecule has 1 aliphatic carbocycles. The molecule has 3 rings (SSSR count). The molecule has 1 aromatic rings. The molecule has 5 heteroatoms. The summed E-state index contributed by atoms with van der Waals surface area (Å²) in [4.78, 5) is 16.0. The number of carboxylic acids is 1. The second-order valence-corrected chi connectivity index (χ2v) is 5.63. The molecule has 0 saturated carbocycles. The second-order valence-electron chi connectivity index (χ2n) is 5.63. The Morgan fingerprint density at radius 2 is 2.35 bits per heavy atom. The van der Waals surface area contributed by atoms with E-state index in [0.717, 1.165) is 50.0 Å². The number of fused-ring (bicyclic) bond motifs is 1.